The summed E-state index contributed by atoms with van der Waals surface area (Å²) in [5, 5.41) is 0. The molecule has 4 rings (SSSR count). The maximum absolute atomic E-state index is 11.9. The first-order chi connectivity index (χ1) is 12.6. The maximum atomic E-state index is 11.9. The standard InChI is InChI=1S/C22H21N3O/c1-25-21(26)14-20(24-22(25)23)19-13-18(19)17-9-5-8-16(12-17)11-10-15-6-3-2-4-7-15/h2-12,14,18-19H,13H2,1H3,(H2,23,24)/b11-10+/t18-,19-/m0/s1. The Morgan fingerprint density at radius 1 is 1.00 bits per heavy atom. The third-order valence-corrected chi connectivity index (χ3v) is 4.97. The van der Waals surface area contributed by atoms with Crippen molar-refractivity contribution in [2.75, 3.05) is 5.73 Å². The van der Waals surface area contributed by atoms with Crippen LogP contribution in [-0.2, 0) is 7.05 Å². The predicted octanol–water partition coefficient (Wildman–Crippen LogP) is 3.80. The summed E-state index contributed by atoms with van der Waals surface area (Å²) in [5.41, 5.74) is 10.2. The molecule has 1 fully saturated rings. The zero-order valence-electron chi connectivity index (χ0n) is 14.7. The fraction of sp³-hybridized carbons (Fsp3) is 0.182. The van der Waals surface area contributed by atoms with E-state index in [4.69, 9.17) is 5.73 Å². The van der Waals surface area contributed by atoms with Crippen LogP contribution in [0.1, 0.15) is 40.6 Å². The molecule has 3 aromatic rings. The molecule has 0 saturated heterocycles. The van der Waals surface area contributed by atoms with Gasteiger partial charge in [0.15, 0.2) is 0 Å². The second-order valence-corrected chi connectivity index (χ2v) is 6.80. The van der Waals surface area contributed by atoms with Crippen molar-refractivity contribution in [1.82, 2.24) is 9.55 Å². The molecule has 0 aliphatic heterocycles. The fourth-order valence-electron chi connectivity index (χ4n) is 3.31. The van der Waals surface area contributed by atoms with Crippen molar-refractivity contribution in [3.05, 3.63) is 93.4 Å². The summed E-state index contributed by atoms with van der Waals surface area (Å²) >= 11 is 0. The fourth-order valence-corrected chi connectivity index (χ4v) is 3.31. The van der Waals surface area contributed by atoms with E-state index in [0.29, 0.717) is 5.92 Å². The average Bonchev–Trinajstić information content (AvgIpc) is 3.46. The van der Waals surface area contributed by atoms with Gasteiger partial charge in [0.05, 0.1) is 5.69 Å². The van der Waals surface area contributed by atoms with Crippen LogP contribution in [0.15, 0.2) is 65.5 Å². The molecule has 26 heavy (non-hydrogen) atoms. The van der Waals surface area contributed by atoms with Gasteiger partial charge in [0.1, 0.15) is 0 Å². The minimum Gasteiger partial charge on any atom is -0.369 e. The minimum absolute atomic E-state index is 0.0994. The maximum Gasteiger partial charge on any atom is 0.254 e. The quantitative estimate of drug-likeness (QED) is 0.733. The van der Waals surface area contributed by atoms with E-state index in [1.165, 1.54) is 21.3 Å². The Morgan fingerprint density at radius 3 is 2.50 bits per heavy atom. The van der Waals surface area contributed by atoms with Crippen LogP contribution in [-0.4, -0.2) is 9.55 Å². The second kappa shape index (κ2) is 6.64. The van der Waals surface area contributed by atoms with Crippen molar-refractivity contribution in [3.63, 3.8) is 0 Å². The molecule has 2 aromatic carbocycles. The molecular weight excluding hydrogens is 322 g/mol. The number of nitrogens with zero attached hydrogens (tertiary/aromatic N) is 2. The summed E-state index contributed by atoms with van der Waals surface area (Å²) in [6, 6.07) is 20.4. The number of hydrogen-bond donors (Lipinski definition) is 1. The highest BCUT2D eigenvalue weighted by atomic mass is 16.1. The first-order valence-electron chi connectivity index (χ1n) is 8.78. The van der Waals surface area contributed by atoms with Gasteiger partial charge in [-0.1, -0.05) is 66.7 Å². The van der Waals surface area contributed by atoms with Crippen molar-refractivity contribution < 1.29 is 0 Å². The predicted molar refractivity (Wildman–Crippen MR) is 106 cm³/mol. The number of anilines is 1. The molecule has 0 spiro atoms. The molecule has 130 valence electrons. The van der Waals surface area contributed by atoms with Crippen LogP contribution in [0.4, 0.5) is 5.95 Å². The topological polar surface area (TPSA) is 60.9 Å². The van der Waals surface area contributed by atoms with Crippen molar-refractivity contribution >= 4 is 18.1 Å². The number of nitrogen functional groups attached to an aromatic ring is 1. The largest absolute Gasteiger partial charge is 0.369 e. The smallest absolute Gasteiger partial charge is 0.254 e. The highest BCUT2D eigenvalue weighted by Gasteiger charge is 2.41. The van der Waals surface area contributed by atoms with Crippen molar-refractivity contribution in [1.29, 1.82) is 0 Å². The van der Waals surface area contributed by atoms with E-state index in [1.807, 2.05) is 18.2 Å². The van der Waals surface area contributed by atoms with Crippen LogP contribution in [0.3, 0.4) is 0 Å². The number of nitrogens with two attached hydrogens (primary N) is 1. The van der Waals surface area contributed by atoms with Gasteiger partial charge < -0.3 is 5.73 Å². The van der Waals surface area contributed by atoms with Crippen LogP contribution in [0.5, 0.6) is 0 Å². The molecule has 4 heteroatoms. The van der Waals surface area contributed by atoms with E-state index in [0.717, 1.165) is 12.1 Å². The average molecular weight is 343 g/mol. The monoisotopic (exact) mass is 343 g/mol. The first kappa shape index (κ1) is 16.3. The molecule has 0 bridgehead atoms. The van der Waals surface area contributed by atoms with Crippen LogP contribution < -0.4 is 11.3 Å². The molecule has 0 radical (unpaired) electrons. The Bertz CT molecular complexity index is 1020. The van der Waals surface area contributed by atoms with E-state index in [9.17, 15) is 4.79 Å². The third kappa shape index (κ3) is 3.31. The van der Waals surface area contributed by atoms with Crippen LogP contribution in [0.25, 0.3) is 12.2 Å². The molecule has 2 atom stereocenters. The lowest BCUT2D eigenvalue weighted by molar-refractivity contribution is 0.813. The summed E-state index contributed by atoms with van der Waals surface area (Å²) in [6.45, 7) is 0. The van der Waals surface area contributed by atoms with Crippen LogP contribution in [0.2, 0.25) is 0 Å². The van der Waals surface area contributed by atoms with E-state index < -0.39 is 0 Å². The van der Waals surface area contributed by atoms with E-state index in [2.05, 4.69) is 53.5 Å². The van der Waals surface area contributed by atoms with Gasteiger partial charge in [-0.05, 0) is 29.0 Å². The van der Waals surface area contributed by atoms with Gasteiger partial charge in [-0.25, -0.2) is 4.98 Å². The van der Waals surface area contributed by atoms with Gasteiger partial charge >= 0.3 is 0 Å². The molecule has 4 nitrogen and oxygen atoms in total. The molecule has 1 aliphatic rings. The van der Waals surface area contributed by atoms with E-state index in [1.54, 1.807) is 13.1 Å². The lowest BCUT2D eigenvalue weighted by Gasteiger charge is -2.06. The van der Waals surface area contributed by atoms with Gasteiger partial charge in [0, 0.05) is 19.0 Å². The molecule has 1 heterocycles. The summed E-state index contributed by atoms with van der Waals surface area (Å²) < 4.78 is 1.37. The molecule has 2 N–H and O–H groups in total. The number of rotatable bonds is 4. The van der Waals surface area contributed by atoms with Crippen LogP contribution in [0, 0.1) is 0 Å². The second-order valence-electron chi connectivity index (χ2n) is 6.80. The Labute approximate surface area is 152 Å². The molecule has 0 unspecified atom stereocenters. The third-order valence-electron chi connectivity index (χ3n) is 4.97. The summed E-state index contributed by atoms with van der Waals surface area (Å²) in [6.07, 6.45) is 5.25. The van der Waals surface area contributed by atoms with Crippen molar-refractivity contribution in [2.45, 2.75) is 18.3 Å². The normalized spacial score (nSPS) is 19.0. The van der Waals surface area contributed by atoms with Gasteiger partial charge in [-0.15, -0.1) is 0 Å². The molecule has 1 aromatic heterocycles. The number of aromatic nitrogens is 2. The highest BCUT2D eigenvalue weighted by Crippen LogP contribution is 2.54. The van der Waals surface area contributed by atoms with Crippen molar-refractivity contribution in [2.24, 2.45) is 7.05 Å². The Balaban J connectivity index is 1.53. The number of benzene rings is 2. The van der Waals surface area contributed by atoms with Gasteiger partial charge in [-0.3, -0.25) is 9.36 Å². The van der Waals surface area contributed by atoms with Crippen molar-refractivity contribution in [3.8, 4) is 0 Å². The zero-order chi connectivity index (χ0) is 18.1. The van der Waals surface area contributed by atoms with Gasteiger partial charge in [0.25, 0.3) is 5.56 Å². The lowest BCUT2D eigenvalue weighted by atomic mass is 10.0. The Hall–Kier alpha value is -3.14. The van der Waals surface area contributed by atoms with Gasteiger partial charge in [0.2, 0.25) is 5.95 Å². The Kier molecular flexibility index (Phi) is 4.17. The lowest BCUT2D eigenvalue weighted by Crippen LogP contribution is -2.21. The first-order valence-corrected chi connectivity index (χ1v) is 8.78. The highest BCUT2D eigenvalue weighted by molar-refractivity contribution is 5.69. The zero-order valence-corrected chi connectivity index (χ0v) is 14.7. The molecular formula is C22H21N3O. The van der Waals surface area contributed by atoms with Gasteiger partial charge in [-0.2, -0.15) is 0 Å². The Morgan fingerprint density at radius 2 is 1.73 bits per heavy atom. The SMILES string of the molecule is Cn1c(N)nc([C@H]2C[C@H]2c2cccc(/C=C/c3ccccc3)c2)cc1=O. The molecule has 1 saturated carbocycles. The number of hydrogen-bond acceptors (Lipinski definition) is 3. The minimum atomic E-state index is -0.0994. The molecule has 1 aliphatic carbocycles. The summed E-state index contributed by atoms with van der Waals surface area (Å²) in [5.74, 6) is 0.955. The van der Waals surface area contributed by atoms with E-state index in [-0.39, 0.29) is 17.4 Å². The molecule has 0 amide bonds. The van der Waals surface area contributed by atoms with Crippen LogP contribution >= 0.6 is 0 Å². The summed E-state index contributed by atoms with van der Waals surface area (Å²) in [4.78, 5) is 16.3. The van der Waals surface area contributed by atoms with E-state index >= 15 is 0 Å². The summed E-state index contributed by atoms with van der Waals surface area (Å²) in [7, 11) is 1.64.